The normalized spacial score (nSPS) is 10.1. The Morgan fingerprint density at radius 3 is 1.95 bits per heavy atom. The molecule has 5 nitrogen and oxygen atoms in total. The minimum atomic E-state index is -0.0683. The molecule has 0 atom stereocenters. The second-order valence-corrected chi connectivity index (χ2v) is 4.60. The van der Waals surface area contributed by atoms with Crippen LogP contribution in [0.4, 0.5) is 11.4 Å². The third kappa shape index (κ3) is 6.33. The topological polar surface area (TPSA) is 70.2 Å². The van der Waals surface area contributed by atoms with E-state index < -0.39 is 0 Å². The molecule has 0 saturated carbocycles. The van der Waals surface area contributed by atoms with Gasteiger partial charge in [-0.1, -0.05) is 13.8 Å². The summed E-state index contributed by atoms with van der Waals surface area (Å²) in [6, 6.07) is 7.11. The van der Waals surface area contributed by atoms with E-state index in [-0.39, 0.29) is 11.8 Å². The van der Waals surface area contributed by atoms with E-state index >= 15 is 0 Å². The molecule has 0 aromatic heterocycles. The molecule has 20 heavy (non-hydrogen) atoms. The van der Waals surface area contributed by atoms with Gasteiger partial charge in [0.15, 0.2) is 0 Å². The summed E-state index contributed by atoms with van der Waals surface area (Å²) in [6.45, 7) is 5.15. The van der Waals surface area contributed by atoms with Crippen LogP contribution in [0.1, 0.15) is 33.1 Å². The van der Waals surface area contributed by atoms with E-state index in [0.29, 0.717) is 13.0 Å². The summed E-state index contributed by atoms with van der Waals surface area (Å²) in [7, 11) is 0. The van der Waals surface area contributed by atoms with Gasteiger partial charge in [0.05, 0.1) is 6.54 Å². The zero-order chi connectivity index (χ0) is 14.8. The first-order valence-corrected chi connectivity index (χ1v) is 7.06. The van der Waals surface area contributed by atoms with Gasteiger partial charge in [-0.15, -0.1) is 0 Å². The molecule has 110 valence electrons. The molecule has 0 bridgehead atoms. The summed E-state index contributed by atoms with van der Waals surface area (Å²) in [5, 5.41) is 8.63. The maximum Gasteiger partial charge on any atom is 0.238 e. The van der Waals surface area contributed by atoms with Crippen molar-refractivity contribution in [2.24, 2.45) is 0 Å². The first-order valence-electron chi connectivity index (χ1n) is 7.06. The molecule has 1 rings (SSSR count). The van der Waals surface area contributed by atoms with E-state index in [1.807, 2.05) is 6.92 Å². The number of carbonyl (C=O) groups is 2. The number of nitrogens with one attached hydrogen (secondary N) is 3. The minimum absolute atomic E-state index is 0.00745. The van der Waals surface area contributed by atoms with Gasteiger partial charge in [-0.05, 0) is 43.7 Å². The van der Waals surface area contributed by atoms with Crippen molar-refractivity contribution in [2.45, 2.75) is 33.1 Å². The fraction of sp³-hybridized carbons (Fsp3) is 0.467. The molecule has 0 saturated heterocycles. The zero-order valence-electron chi connectivity index (χ0n) is 12.2. The second-order valence-electron chi connectivity index (χ2n) is 4.60. The Morgan fingerprint density at radius 2 is 1.45 bits per heavy atom. The highest BCUT2D eigenvalue weighted by molar-refractivity contribution is 5.93. The van der Waals surface area contributed by atoms with Crippen LogP contribution in [0.15, 0.2) is 24.3 Å². The summed E-state index contributed by atoms with van der Waals surface area (Å²) in [5.41, 5.74) is 1.47. The SMILES string of the molecule is CCCNCC(=O)Nc1ccc(NC(=O)CCC)cc1. The number of hydrogen-bond acceptors (Lipinski definition) is 3. The molecule has 0 heterocycles. The predicted octanol–water partition coefficient (Wildman–Crippen LogP) is 2.36. The van der Waals surface area contributed by atoms with E-state index in [1.54, 1.807) is 24.3 Å². The van der Waals surface area contributed by atoms with Gasteiger partial charge in [-0.25, -0.2) is 0 Å². The van der Waals surface area contributed by atoms with Crippen molar-refractivity contribution >= 4 is 23.2 Å². The highest BCUT2D eigenvalue weighted by Crippen LogP contribution is 2.13. The molecule has 3 N–H and O–H groups in total. The summed E-state index contributed by atoms with van der Waals surface area (Å²) >= 11 is 0. The maximum atomic E-state index is 11.6. The van der Waals surface area contributed by atoms with Crippen molar-refractivity contribution < 1.29 is 9.59 Å². The molecule has 0 spiro atoms. The lowest BCUT2D eigenvalue weighted by Gasteiger charge is -2.08. The third-order valence-corrected chi connectivity index (χ3v) is 2.64. The molecule has 1 aromatic rings. The Morgan fingerprint density at radius 1 is 0.900 bits per heavy atom. The lowest BCUT2D eigenvalue weighted by atomic mass is 10.2. The molecule has 0 unspecified atom stereocenters. The Hall–Kier alpha value is -1.88. The Bertz CT molecular complexity index is 429. The van der Waals surface area contributed by atoms with Gasteiger partial charge in [0.2, 0.25) is 11.8 Å². The Labute approximate surface area is 120 Å². The third-order valence-electron chi connectivity index (χ3n) is 2.64. The van der Waals surface area contributed by atoms with Crippen LogP contribution in [0.3, 0.4) is 0 Å². The van der Waals surface area contributed by atoms with Crippen molar-refractivity contribution in [3.8, 4) is 0 Å². The van der Waals surface area contributed by atoms with E-state index in [0.717, 1.165) is 30.8 Å². The van der Waals surface area contributed by atoms with E-state index in [9.17, 15) is 9.59 Å². The summed E-state index contributed by atoms with van der Waals surface area (Å²) < 4.78 is 0. The van der Waals surface area contributed by atoms with E-state index in [2.05, 4.69) is 22.9 Å². The molecular formula is C15H23N3O2. The highest BCUT2D eigenvalue weighted by Gasteiger charge is 2.03. The van der Waals surface area contributed by atoms with Crippen molar-refractivity contribution in [3.63, 3.8) is 0 Å². The fourth-order valence-electron chi connectivity index (χ4n) is 1.67. The van der Waals surface area contributed by atoms with Gasteiger partial charge >= 0.3 is 0 Å². The van der Waals surface area contributed by atoms with Gasteiger partial charge in [0.1, 0.15) is 0 Å². The van der Waals surface area contributed by atoms with Crippen LogP contribution in [0.25, 0.3) is 0 Å². The zero-order valence-corrected chi connectivity index (χ0v) is 12.2. The lowest BCUT2D eigenvalue weighted by Crippen LogP contribution is -2.28. The van der Waals surface area contributed by atoms with Crippen LogP contribution in [-0.2, 0) is 9.59 Å². The average Bonchev–Trinajstić information content (AvgIpc) is 2.41. The van der Waals surface area contributed by atoms with Crippen LogP contribution in [0.2, 0.25) is 0 Å². The molecule has 0 aliphatic carbocycles. The quantitative estimate of drug-likeness (QED) is 0.639. The van der Waals surface area contributed by atoms with Crippen molar-refractivity contribution in [3.05, 3.63) is 24.3 Å². The van der Waals surface area contributed by atoms with Crippen LogP contribution >= 0.6 is 0 Å². The van der Waals surface area contributed by atoms with Crippen LogP contribution < -0.4 is 16.0 Å². The van der Waals surface area contributed by atoms with Crippen molar-refractivity contribution in [2.75, 3.05) is 23.7 Å². The molecular weight excluding hydrogens is 254 g/mol. The summed E-state index contributed by atoms with van der Waals surface area (Å²) in [6.07, 6.45) is 2.34. The first kappa shape index (κ1) is 16.2. The smallest absolute Gasteiger partial charge is 0.238 e. The van der Waals surface area contributed by atoms with Gasteiger partial charge in [0, 0.05) is 17.8 Å². The van der Waals surface area contributed by atoms with Gasteiger partial charge < -0.3 is 16.0 Å². The predicted molar refractivity (Wildman–Crippen MR) is 81.8 cm³/mol. The molecule has 0 aliphatic heterocycles. The largest absolute Gasteiger partial charge is 0.326 e. The van der Waals surface area contributed by atoms with E-state index in [4.69, 9.17) is 0 Å². The van der Waals surface area contributed by atoms with Gasteiger partial charge in [0.25, 0.3) is 0 Å². The fourth-order valence-corrected chi connectivity index (χ4v) is 1.67. The molecule has 0 aliphatic rings. The molecule has 0 radical (unpaired) electrons. The summed E-state index contributed by atoms with van der Waals surface area (Å²) in [4.78, 5) is 23.0. The maximum absolute atomic E-state index is 11.6. The number of rotatable bonds is 8. The van der Waals surface area contributed by atoms with Crippen molar-refractivity contribution in [1.29, 1.82) is 0 Å². The minimum Gasteiger partial charge on any atom is -0.326 e. The number of carbonyl (C=O) groups excluding carboxylic acids is 2. The van der Waals surface area contributed by atoms with Crippen LogP contribution in [0.5, 0.6) is 0 Å². The average molecular weight is 277 g/mol. The van der Waals surface area contributed by atoms with Gasteiger partial charge in [-0.3, -0.25) is 9.59 Å². The standard InChI is InChI=1S/C15H23N3O2/c1-3-5-14(19)17-12-6-8-13(9-7-12)18-15(20)11-16-10-4-2/h6-9,16H,3-5,10-11H2,1-2H3,(H,17,19)(H,18,20). The molecule has 1 aromatic carbocycles. The van der Waals surface area contributed by atoms with Crippen molar-refractivity contribution in [1.82, 2.24) is 5.32 Å². The number of benzene rings is 1. The first-order chi connectivity index (χ1) is 9.65. The van der Waals surface area contributed by atoms with Crippen LogP contribution in [0, 0.1) is 0 Å². The molecule has 0 fully saturated rings. The number of amides is 2. The van der Waals surface area contributed by atoms with Gasteiger partial charge in [-0.2, -0.15) is 0 Å². The second kappa shape index (κ2) is 9.09. The lowest BCUT2D eigenvalue weighted by molar-refractivity contribution is -0.116. The monoisotopic (exact) mass is 277 g/mol. The Balaban J connectivity index is 2.42. The number of hydrogen-bond donors (Lipinski definition) is 3. The Kier molecular flexibility index (Phi) is 7.35. The molecule has 5 heteroatoms. The molecule has 2 amide bonds. The van der Waals surface area contributed by atoms with Crippen LogP contribution in [-0.4, -0.2) is 24.9 Å². The summed E-state index contributed by atoms with van der Waals surface area (Å²) in [5.74, 6) is -0.0609. The highest BCUT2D eigenvalue weighted by atomic mass is 16.2. The van der Waals surface area contributed by atoms with E-state index in [1.165, 1.54) is 0 Å². The number of anilines is 2.